The van der Waals surface area contributed by atoms with Gasteiger partial charge in [-0.1, -0.05) is 0 Å². The Kier molecular flexibility index (Phi) is 6.09. The zero-order valence-electron chi connectivity index (χ0n) is 18.9. The molecule has 6 heteroatoms. The number of quaternary nitrogens is 1. The van der Waals surface area contributed by atoms with Gasteiger partial charge in [-0.05, 0) is 51.1 Å². The van der Waals surface area contributed by atoms with Crippen molar-refractivity contribution >= 4 is 0 Å². The molecular weight excluding hydrogens is 392 g/mol. The van der Waals surface area contributed by atoms with Crippen LogP contribution in [0.25, 0.3) is 5.69 Å². The fourth-order valence-electron chi connectivity index (χ4n) is 4.47. The molecule has 1 aliphatic rings. The van der Waals surface area contributed by atoms with Crippen LogP contribution in [0.15, 0.2) is 42.6 Å². The maximum Gasteiger partial charge on any atom is 0.163 e. The maximum atomic E-state index is 5.89. The first-order valence-electron chi connectivity index (χ1n) is 10.8. The van der Waals surface area contributed by atoms with Crippen LogP contribution in [-0.4, -0.2) is 32.0 Å². The summed E-state index contributed by atoms with van der Waals surface area (Å²) in [5.41, 5.74) is 5.65. The SMILES string of the molecule is CCOc1cc2c(cc1OCC)-n1cccc1[C@@H](c1ccc(OC)c(C)c1OC)[NH2+]C2. The number of nitrogens with zero attached hydrogens (tertiary/aromatic N) is 1. The maximum absolute atomic E-state index is 5.89. The minimum atomic E-state index is 0.0769. The van der Waals surface area contributed by atoms with E-state index in [1.165, 1.54) is 11.3 Å². The summed E-state index contributed by atoms with van der Waals surface area (Å²) in [5, 5.41) is 2.34. The van der Waals surface area contributed by atoms with E-state index in [1.54, 1.807) is 14.2 Å². The molecule has 0 radical (unpaired) electrons. The van der Waals surface area contributed by atoms with Gasteiger partial charge in [0.1, 0.15) is 18.0 Å². The molecule has 6 nitrogen and oxygen atoms in total. The number of rotatable bonds is 7. The highest BCUT2D eigenvalue weighted by Gasteiger charge is 2.30. The summed E-state index contributed by atoms with van der Waals surface area (Å²) in [5.74, 6) is 3.26. The van der Waals surface area contributed by atoms with E-state index in [0.29, 0.717) is 13.2 Å². The van der Waals surface area contributed by atoms with E-state index in [-0.39, 0.29) is 6.04 Å². The Morgan fingerprint density at radius 1 is 0.968 bits per heavy atom. The second kappa shape index (κ2) is 8.94. The van der Waals surface area contributed by atoms with Crippen LogP contribution < -0.4 is 24.3 Å². The molecule has 0 bridgehead atoms. The zero-order chi connectivity index (χ0) is 22.0. The summed E-state index contributed by atoms with van der Waals surface area (Å²) in [4.78, 5) is 0. The normalized spacial score (nSPS) is 14.9. The molecule has 2 N–H and O–H groups in total. The van der Waals surface area contributed by atoms with Gasteiger partial charge < -0.3 is 28.8 Å². The van der Waals surface area contributed by atoms with Gasteiger partial charge >= 0.3 is 0 Å². The summed E-state index contributed by atoms with van der Waals surface area (Å²) >= 11 is 0. The number of nitrogens with two attached hydrogens (primary N) is 1. The Morgan fingerprint density at radius 2 is 1.71 bits per heavy atom. The van der Waals surface area contributed by atoms with Gasteiger partial charge in [-0.3, -0.25) is 0 Å². The minimum absolute atomic E-state index is 0.0769. The number of fused-ring (bicyclic) bond motifs is 3. The lowest BCUT2D eigenvalue weighted by molar-refractivity contribution is -0.702. The fraction of sp³-hybridized carbons (Fsp3) is 0.360. The average Bonchev–Trinajstić information content (AvgIpc) is 3.20. The molecule has 0 amide bonds. The predicted molar refractivity (Wildman–Crippen MR) is 120 cm³/mol. The molecule has 0 fully saturated rings. The van der Waals surface area contributed by atoms with Crippen LogP contribution >= 0.6 is 0 Å². The number of aromatic nitrogens is 1. The van der Waals surface area contributed by atoms with Crippen molar-refractivity contribution in [2.45, 2.75) is 33.4 Å². The summed E-state index contributed by atoms with van der Waals surface area (Å²) in [6, 6.07) is 12.7. The first kappa shape index (κ1) is 21.1. The molecule has 0 unspecified atom stereocenters. The van der Waals surface area contributed by atoms with Gasteiger partial charge in [-0.15, -0.1) is 0 Å². The van der Waals surface area contributed by atoms with E-state index in [1.807, 2.05) is 26.8 Å². The van der Waals surface area contributed by atoms with Gasteiger partial charge in [-0.2, -0.15) is 0 Å². The number of hydrogen-bond acceptors (Lipinski definition) is 4. The molecule has 31 heavy (non-hydrogen) atoms. The van der Waals surface area contributed by atoms with E-state index in [2.05, 4.69) is 46.4 Å². The summed E-state index contributed by atoms with van der Waals surface area (Å²) < 4.78 is 25.4. The third kappa shape index (κ3) is 3.72. The highest BCUT2D eigenvalue weighted by molar-refractivity contribution is 5.57. The van der Waals surface area contributed by atoms with E-state index in [0.717, 1.165) is 46.4 Å². The average molecular weight is 424 g/mol. The van der Waals surface area contributed by atoms with Crippen molar-refractivity contribution in [3.05, 3.63) is 65.0 Å². The predicted octanol–water partition coefficient (Wildman–Crippen LogP) is 3.77. The standard InChI is InChI=1S/C25H30N2O4/c1-6-30-22-13-17-15-26-24(18-10-11-21(28-4)16(3)25(18)29-5)19-9-8-12-27(19)20(17)14-23(22)31-7-2/h8-14,24,26H,6-7,15H2,1-5H3/p+1/t24-/m1/s1. The van der Waals surface area contributed by atoms with Crippen LogP contribution in [0.5, 0.6) is 23.0 Å². The molecule has 2 heterocycles. The number of ether oxygens (including phenoxy) is 4. The first-order chi connectivity index (χ1) is 15.1. The van der Waals surface area contributed by atoms with Crippen LogP contribution in [0, 0.1) is 6.92 Å². The van der Waals surface area contributed by atoms with Crippen LogP contribution in [0.3, 0.4) is 0 Å². The van der Waals surface area contributed by atoms with Crippen molar-refractivity contribution in [1.82, 2.24) is 4.57 Å². The molecule has 1 aliphatic heterocycles. The second-order valence-electron chi connectivity index (χ2n) is 7.53. The third-order valence-electron chi connectivity index (χ3n) is 5.82. The second-order valence-corrected chi connectivity index (χ2v) is 7.53. The molecule has 0 spiro atoms. The van der Waals surface area contributed by atoms with Crippen molar-refractivity contribution < 1.29 is 24.3 Å². The smallest absolute Gasteiger partial charge is 0.163 e. The fourth-order valence-corrected chi connectivity index (χ4v) is 4.47. The molecule has 0 saturated carbocycles. The zero-order valence-corrected chi connectivity index (χ0v) is 18.9. The van der Waals surface area contributed by atoms with Gasteiger partial charge in [0.2, 0.25) is 0 Å². The highest BCUT2D eigenvalue weighted by atomic mass is 16.5. The lowest BCUT2D eigenvalue weighted by Gasteiger charge is -2.20. The molecule has 1 aromatic heterocycles. The summed E-state index contributed by atoms with van der Waals surface area (Å²) in [6.07, 6.45) is 2.11. The lowest BCUT2D eigenvalue weighted by atomic mass is 9.99. The molecular formula is C25H31N2O4+. The molecule has 164 valence electrons. The van der Waals surface area contributed by atoms with E-state index < -0.39 is 0 Å². The highest BCUT2D eigenvalue weighted by Crippen LogP contribution is 2.39. The van der Waals surface area contributed by atoms with Crippen molar-refractivity contribution in [3.8, 4) is 28.7 Å². The number of hydrogen-bond donors (Lipinski definition) is 1. The van der Waals surface area contributed by atoms with E-state index in [9.17, 15) is 0 Å². The first-order valence-corrected chi connectivity index (χ1v) is 10.8. The number of methoxy groups -OCH3 is 2. The quantitative estimate of drug-likeness (QED) is 0.629. The van der Waals surface area contributed by atoms with Crippen molar-refractivity contribution in [2.75, 3.05) is 27.4 Å². The van der Waals surface area contributed by atoms with Crippen molar-refractivity contribution in [2.24, 2.45) is 0 Å². The van der Waals surface area contributed by atoms with Crippen LogP contribution in [0.1, 0.15) is 42.3 Å². The lowest BCUT2D eigenvalue weighted by Crippen LogP contribution is -2.83. The third-order valence-corrected chi connectivity index (χ3v) is 5.82. The molecule has 1 atom stereocenters. The summed E-state index contributed by atoms with van der Waals surface area (Å²) in [6.45, 7) is 8.02. The van der Waals surface area contributed by atoms with Gasteiger partial charge in [0.15, 0.2) is 17.5 Å². The molecule has 2 aromatic carbocycles. The van der Waals surface area contributed by atoms with E-state index in [4.69, 9.17) is 18.9 Å². The van der Waals surface area contributed by atoms with Crippen LogP contribution in [0.2, 0.25) is 0 Å². The Bertz CT molecular complexity index is 1070. The Balaban J connectivity index is 1.84. The Hall–Kier alpha value is -3.12. The monoisotopic (exact) mass is 423 g/mol. The van der Waals surface area contributed by atoms with Gasteiger partial charge in [0.25, 0.3) is 0 Å². The van der Waals surface area contributed by atoms with Crippen molar-refractivity contribution in [3.63, 3.8) is 0 Å². The Morgan fingerprint density at radius 3 is 2.39 bits per heavy atom. The van der Waals surface area contributed by atoms with Gasteiger partial charge in [0, 0.05) is 23.4 Å². The largest absolute Gasteiger partial charge is 0.496 e. The topological polar surface area (TPSA) is 58.5 Å². The van der Waals surface area contributed by atoms with Gasteiger partial charge in [-0.25, -0.2) is 0 Å². The molecule has 4 rings (SSSR count). The Labute approximate surface area is 183 Å². The molecule has 3 aromatic rings. The minimum Gasteiger partial charge on any atom is -0.496 e. The van der Waals surface area contributed by atoms with Crippen LogP contribution in [0.4, 0.5) is 0 Å². The van der Waals surface area contributed by atoms with E-state index >= 15 is 0 Å². The summed E-state index contributed by atoms with van der Waals surface area (Å²) in [7, 11) is 3.41. The van der Waals surface area contributed by atoms with Crippen LogP contribution in [-0.2, 0) is 6.54 Å². The number of benzene rings is 2. The molecule has 0 aliphatic carbocycles. The molecule has 0 saturated heterocycles. The van der Waals surface area contributed by atoms with Crippen molar-refractivity contribution in [1.29, 1.82) is 0 Å². The van der Waals surface area contributed by atoms with Gasteiger partial charge in [0.05, 0.1) is 44.4 Å².